The summed E-state index contributed by atoms with van der Waals surface area (Å²) < 4.78 is 19.9. The number of aromatic nitrogens is 4. The molecule has 1 aliphatic heterocycles. The summed E-state index contributed by atoms with van der Waals surface area (Å²) in [5.74, 6) is 1.53. The van der Waals surface area contributed by atoms with Gasteiger partial charge >= 0.3 is 0 Å². The molecule has 1 unspecified atom stereocenters. The predicted molar refractivity (Wildman–Crippen MR) is 129 cm³/mol. The van der Waals surface area contributed by atoms with Crippen LogP contribution in [0.5, 0.6) is 5.75 Å². The van der Waals surface area contributed by atoms with Crippen LogP contribution in [-0.2, 0) is 21.1 Å². The molecule has 0 radical (unpaired) electrons. The Bertz CT molecular complexity index is 1290. The summed E-state index contributed by atoms with van der Waals surface area (Å²) in [4.78, 5) is 12.9. The second-order valence-corrected chi connectivity index (χ2v) is 9.43. The van der Waals surface area contributed by atoms with Gasteiger partial charge in [-0.05, 0) is 36.1 Å². The molecule has 0 spiro atoms. The van der Waals surface area contributed by atoms with Crippen molar-refractivity contribution in [2.24, 2.45) is 0 Å². The number of rotatable bonds is 7. The van der Waals surface area contributed by atoms with E-state index in [-0.39, 0.29) is 18.3 Å². The Labute approximate surface area is 190 Å². The van der Waals surface area contributed by atoms with E-state index in [9.17, 15) is 0 Å². The van der Waals surface area contributed by atoms with Crippen molar-refractivity contribution >= 4 is 52.7 Å². The summed E-state index contributed by atoms with van der Waals surface area (Å²) in [7, 11) is -0.128. The maximum atomic E-state index is 6.19. The van der Waals surface area contributed by atoms with Crippen molar-refractivity contribution in [1.29, 1.82) is 0 Å². The average Bonchev–Trinajstić information content (AvgIpc) is 3.44. The van der Waals surface area contributed by atoms with Crippen LogP contribution in [0.15, 0.2) is 48.8 Å². The minimum Gasteiger partial charge on any atom is -0.445 e. The molecular formula is C21H23N6O3PS. The number of ether oxygens (including phenoxy) is 1. The zero-order valence-corrected chi connectivity index (χ0v) is 19.2. The summed E-state index contributed by atoms with van der Waals surface area (Å²) in [5, 5.41) is 5.13. The monoisotopic (exact) mass is 470 g/mol. The molecule has 2 aromatic carbocycles. The van der Waals surface area contributed by atoms with E-state index in [1.165, 1.54) is 0 Å². The van der Waals surface area contributed by atoms with Crippen LogP contribution in [0.25, 0.3) is 21.9 Å². The minimum absolute atomic E-state index is 0.0838. The smallest absolute Gasteiger partial charge is 0.225 e. The molecule has 9 nitrogen and oxygen atoms in total. The van der Waals surface area contributed by atoms with Gasteiger partial charge in [-0.1, -0.05) is 36.4 Å². The first-order chi connectivity index (χ1) is 15.6. The number of nitrogen functional groups attached to an aromatic ring is 1. The van der Waals surface area contributed by atoms with Gasteiger partial charge in [0.05, 0.1) is 19.0 Å². The SMILES string of the molecule is CNc1nc(N)nc2c1ncn2[C@H]1CC[C@@H](CO[PH](=S)Oc2cccc3ccccc23)O1. The lowest BCUT2D eigenvalue weighted by Gasteiger charge is -2.17. The highest BCUT2D eigenvalue weighted by atomic mass is 32.4. The molecule has 3 atom stereocenters. The number of nitrogens with zero attached hydrogens (tertiary/aromatic N) is 4. The van der Waals surface area contributed by atoms with Crippen LogP contribution in [0.1, 0.15) is 19.1 Å². The van der Waals surface area contributed by atoms with E-state index in [0.717, 1.165) is 29.4 Å². The van der Waals surface area contributed by atoms with Crippen LogP contribution >= 0.6 is 7.15 Å². The normalized spacial score (nSPS) is 19.4. The molecule has 0 saturated carbocycles. The van der Waals surface area contributed by atoms with Gasteiger partial charge in [0.25, 0.3) is 0 Å². The Morgan fingerprint density at radius 3 is 2.94 bits per heavy atom. The van der Waals surface area contributed by atoms with E-state index in [4.69, 9.17) is 31.3 Å². The number of hydrogen-bond donors (Lipinski definition) is 2. The van der Waals surface area contributed by atoms with Gasteiger partial charge in [0.1, 0.15) is 12.0 Å². The first-order valence-corrected chi connectivity index (χ1v) is 12.7. The number of fused-ring (bicyclic) bond motifs is 2. The second kappa shape index (κ2) is 8.99. The van der Waals surface area contributed by atoms with Crippen LogP contribution in [0.3, 0.4) is 0 Å². The third-order valence-corrected chi connectivity index (χ3v) is 6.79. The van der Waals surface area contributed by atoms with Crippen molar-refractivity contribution in [3.63, 3.8) is 0 Å². The maximum Gasteiger partial charge on any atom is 0.225 e. The van der Waals surface area contributed by atoms with Gasteiger partial charge in [-0.15, -0.1) is 0 Å². The molecule has 166 valence electrons. The molecule has 2 aromatic heterocycles. The molecule has 0 amide bonds. The largest absolute Gasteiger partial charge is 0.445 e. The molecule has 1 fully saturated rings. The van der Waals surface area contributed by atoms with E-state index in [0.29, 0.717) is 23.6 Å². The fraction of sp³-hybridized carbons (Fsp3) is 0.286. The molecule has 0 aliphatic carbocycles. The zero-order chi connectivity index (χ0) is 22.1. The summed E-state index contributed by atoms with van der Waals surface area (Å²) in [6.07, 6.45) is 3.07. The zero-order valence-electron chi connectivity index (χ0n) is 17.4. The summed E-state index contributed by atoms with van der Waals surface area (Å²) in [5.41, 5.74) is 7.14. The lowest BCUT2D eigenvalue weighted by atomic mass is 10.1. The molecule has 11 heteroatoms. The predicted octanol–water partition coefficient (Wildman–Crippen LogP) is 3.88. The molecule has 1 aliphatic rings. The van der Waals surface area contributed by atoms with Crippen molar-refractivity contribution in [3.8, 4) is 5.75 Å². The third kappa shape index (κ3) is 4.14. The van der Waals surface area contributed by atoms with Crippen LogP contribution in [-0.4, -0.2) is 39.3 Å². The van der Waals surface area contributed by atoms with Crippen molar-refractivity contribution < 1.29 is 13.8 Å². The standard InChI is InChI=1S/C21H23N6O3PS/c1-23-19-18-20(26-21(22)25-19)27(12-24-18)17-10-9-14(29-17)11-28-31(32)30-16-8-4-6-13-5-2-3-7-15(13)16/h2-8,12,14,17,31H,9-11H2,1H3,(H3,22,23,25,26)/t14-,17+/m0/s1. The molecular weight excluding hydrogens is 447 g/mol. The number of imidazole rings is 1. The van der Waals surface area contributed by atoms with Crippen LogP contribution in [0.2, 0.25) is 0 Å². The van der Waals surface area contributed by atoms with Gasteiger partial charge < -0.3 is 24.8 Å². The Hall–Kier alpha value is -2.78. The van der Waals surface area contributed by atoms with Crippen molar-refractivity contribution in [2.45, 2.75) is 25.2 Å². The molecule has 5 rings (SSSR count). The van der Waals surface area contributed by atoms with Gasteiger partial charge in [0.2, 0.25) is 13.1 Å². The lowest BCUT2D eigenvalue weighted by Crippen LogP contribution is -2.15. The highest BCUT2D eigenvalue weighted by Crippen LogP contribution is 2.36. The molecule has 32 heavy (non-hydrogen) atoms. The summed E-state index contributed by atoms with van der Waals surface area (Å²) >= 11 is 5.48. The molecule has 3 N–H and O–H groups in total. The van der Waals surface area contributed by atoms with Crippen molar-refractivity contribution in [3.05, 3.63) is 48.8 Å². The average molecular weight is 470 g/mol. The van der Waals surface area contributed by atoms with Gasteiger partial charge in [0.15, 0.2) is 17.0 Å². The lowest BCUT2D eigenvalue weighted by molar-refractivity contribution is -0.0147. The maximum absolute atomic E-state index is 6.19. The van der Waals surface area contributed by atoms with Crippen LogP contribution in [0.4, 0.5) is 11.8 Å². The van der Waals surface area contributed by atoms with E-state index in [1.807, 2.05) is 47.0 Å². The molecule has 3 heterocycles. The summed E-state index contributed by atoms with van der Waals surface area (Å²) in [6.45, 7) is 0.380. The van der Waals surface area contributed by atoms with E-state index in [2.05, 4.69) is 20.3 Å². The quantitative estimate of drug-likeness (QED) is 0.389. The number of nitrogens with two attached hydrogens (primary N) is 1. The van der Waals surface area contributed by atoms with Gasteiger partial charge in [-0.2, -0.15) is 9.97 Å². The molecule has 0 bridgehead atoms. The van der Waals surface area contributed by atoms with Gasteiger partial charge in [-0.25, -0.2) is 4.98 Å². The topological polar surface area (TPSA) is 109 Å². The minimum atomic E-state index is -1.90. The van der Waals surface area contributed by atoms with Crippen molar-refractivity contribution in [1.82, 2.24) is 19.5 Å². The number of anilines is 2. The highest BCUT2D eigenvalue weighted by Gasteiger charge is 2.29. The van der Waals surface area contributed by atoms with Crippen LogP contribution < -0.4 is 15.6 Å². The number of nitrogens with one attached hydrogen (secondary N) is 1. The number of benzene rings is 2. The van der Waals surface area contributed by atoms with E-state index < -0.39 is 7.15 Å². The summed E-state index contributed by atoms with van der Waals surface area (Å²) in [6, 6.07) is 14.0. The molecule has 1 saturated heterocycles. The Balaban J connectivity index is 1.22. The first-order valence-electron chi connectivity index (χ1n) is 10.3. The molecule has 4 aromatic rings. The van der Waals surface area contributed by atoms with Gasteiger partial charge in [-0.3, -0.25) is 4.57 Å². The Morgan fingerprint density at radius 1 is 1.22 bits per heavy atom. The Kier molecular flexibility index (Phi) is 5.93. The van der Waals surface area contributed by atoms with Crippen molar-refractivity contribution in [2.75, 3.05) is 24.7 Å². The van der Waals surface area contributed by atoms with E-state index in [1.54, 1.807) is 13.4 Å². The van der Waals surface area contributed by atoms with Crippen LogP contribution in [0, 0.1) is 0 Å². The van der Waals surface area contributed by atoms with E-state index >= 15 is 0 Å². The fourth-order valence-corrected chi connectivity index (χ4v) is 5.11. The first kappa shape index (κ1) is 21.1. The third-order valence-electron chi connectivity index (χ3n) is 5.40. The fourth-order valence-electron chi connectivity index (χ4n) is 3.90. The van der Waals surface area contributed by atoms with Gasteiger partial charge in [0, 0.05) is 12.4 Å². The Morgan fingerprint density at radius 2 is 2.06 bits per heavy atom. The number of hydrogen-bond acceptors (Lipinski definition) is 9. The highest BCUT2D eigenvalue weighted by molar-refractivity contribution is 8.00. The second-order valence-electron chi connectivity index (χ2n) is 7.43.